The molecule has 0 aliphatic carbocycles. The molecule has 27 heavy (non-hydrogen) atoms. The van der Waals surface area contributed by atoms with Crippen LogP contribution in [-0.2, 0) is 13.1 Å². The highest BCUT2D eigenvalue weighted by molar-refractivity contribution is 5.82. The van der Waals surface area contributed by atoms with Gasteiger partial charge in [0.05, 0.1) is 7.11 Å². The van der Waals surface area contributed by atoms with Gasteiger partial charge in [0, 0.05) is 24.5 Å². The van der Waals surface area contributed by atoms with Gasteiger partial charge in [-0.3, -0.25) is 4.90 Å². The molecule has 1 heterocycles. The molecule has 0 saturated heterocycles. The number of methoxy groups -OCH3 is 1. The highest BCUT2D eigenvalue weighted by Gasteiger charge is 2.13. The third kappa shape index (κ3) is 4.40. The van der Waals surface area contributed by atoms with Crippen molar-refractivity contribution in [1.82, 2.24) is 4.90 Å². The number of hydrogen-bond acceptors (Lipinski definition) is 4. The first kappa shape index (κ1) is 19.2. The maximum absolute atomic E-state index is 12.0. The summed E-state index contributed by atoms with van der Waals surface area (Å²) in [5.74, 6) is 1.27. The first-order chi connectivity index (χ1) is 12.9. The number of aryl methyl sites for hydroxylation is 1. The Balaban J connectivity index is 1.90. The van der Waals surface area contributed by atoms with Crippen molar-refractivity contribution in [3.05, 3.63) is 75.1 Å². The van der Waals surface area contributed by atoms with Gasteiger partial charge in [0.2, 0.25) is 0 Å². The van der Waals surface area contributed by atoms with Crippen molar-refractivity contribution in [1.29, 1.82) is 0 Å². The molecule has 0 N–H and O–H groups in total. The van der Waals surface area contributed by atoms with Crippen molar-refractivity contribution < 1.29 is 9.15 Å². The van der Waals surface area contributed by atoms with Gasteiger partial charge in [0.1, 0.15) is 11.3 Å². The molecule has 0 bridgehead atoms. The summed E-state index contributed by atoms with van der Waals surface area (Å²) in [7, 11) is 3.72. The Labute approximate surface area is 160 Å². The van der Waals surface area contributed by atoms with Crippen LogP contribution in [0, 0.1) is 6.92 Å². The normalized spacial score (nSPS) is 11.5. The Hall–Kier alpha value is -2.59. The van der Waals surface area contributed by atoms with E-state index in [0.29, 0.717) is 18.0 Å². The minimum Gasteiger partial charge on any atom is -0.497 e. The monoisotopic (exact) mass is 365 g/mol. The highest BCUT2D eigenvalue weighted by atomic mass is 16.5. The second-order valence-electron chi connectivity index (χ2n) is 7.47. The van der Waals surface area contributed by atoms with Crippen molar-refractivity contribution in [3.8, 4) is 5.75 Å². The zero-order valence-electron chi connectivity index (χ0n) is 16.7. The van der Waals surface area contributed by atoms with Gasteiger partial charge in [-0.15, -0.1) is 0 Å². The summed E-state index contributed by atoms with van der Waals surface area (Å²) < 4.78 is 10.7. The van der Waals surface area contributed by atoms with Crippen LogP contribution in [0.15, 0.2) is 51.7 Å². The van der Waals surface area contributed by atoms with Crippen LogP contribution in [0.5, 0.6) is 5.75 Å². The molecule has 0 spiro atoms. The van der Waals surface area contributed by atoms with Gasteiger partial charge in [-0.1, -0.05) is 26.0 Å². The molecule has 3 rings (SSSR count). The van der Waals surface area contributed by atoms with Crippen LogP contribution in [0.3, 0.4) is 0 Å². The van der Waals surface area contributed by atoms with Gasteiger partial charge in [0.25, 0.3) is 0 Å². The molecule has 1 aromatic heterocycles. The van der Waals surface area contributed by atoms with E-state index in [9.17, 15) is 4.79 Å². The Morgan fingerprint density at radius 1 is 1.07 bits per heavy atom. The van der Waals surface area contributed by atoms with E-state index in [-0.39, 0.29) is 5.63 Å². The Morgan fingerprint density at radius 3 is 2.41 bits per heavy atom. The first-order valence-corrected chi connectivity index (χ1v) is 9.26. The second-order valence-corrected chi connectivity index (χ2v) is 7.47. The van der Waals surface area contributed by atoms with E-state index in [1.807, 2.05) is 18.2 Å². The van der Waals surface area contributed by atoms with Gasteiger partial charge in [-0.2, -0.15) is 0 Å². The minimum absolute atomic E-state index is 0.299. The van der Waals surface area contributed by atoms with E-state index in [1.165, 1.54) is 11.1 Å². The number of benzene rings is 2. The Bertz CT molecular complexity index is 987. The summed E-state index contributed by atoms with van der Waals surface area (Å²) in [6, 6.07) is 13.8. The molecule has 0 unspecified atom stereocenters. The standard InChI is InChI=1S/C23H27NO3/c1-15(2)20-12-21-18(11-23(25)27-22(21)10-16(20)3)14-24(4)13-17-6-8-19(26-5)9-7-17/h6-12,15H,13-14H2,1-5H3. The van der Waals surface area contributed by atoms with Crippen molar-refractivity contribution in [2.24, 2.45) is 0 Å². The summed E-state index contributed by atoms with van der Waals surface area (Å²) in [6.07, 6.45) is 0. The predicted octanol–water partition coefficient (Wildman–Crippen LogP) is 4.87. The van der Waals surface area contributed by atoms with E-state index < -0.39 is 0 Å². The van der Waals surface area contributed by atoms with Crippen molar-refractivity contribution >= 4 is 11.0 Å². The van der Waals surface area contributed by atoms with Crippen LogP contribution in [0.25, 0.3) is 11.0 Å². The molecular weight excluding hydrogens is 338 g/mol. The maximum atomic E-state index is 12.0. The van der Waals surface area contributed by atoms with E-state index in [2.05, 4.69) is 50.9 Å². The average molecular weight is 365 g/mol. The van der Waals surface area contributed by atoms with Crippen LogP contribution < -0.4 is 10.4 Å². The number of ether oxygens (including phenoxy) is 1. The molecular formula is C23H27NO3. The third-order valence-electron chi connectivity index (χ3n) is 4.89. The average Bonchev–Trinajstić information content (AvgIpc) is 2.61. The van der Waals surface area contributed by atoms with Gasteiger partial charge < -0.3 is 9.15 Å². The van der Waals surface area contributed by atoms with Gasteiger partial charge >= 0.3 is 5.63 Å². The van der Waals surface area contributed by atoms with E-state index in [1.54, 1.807) is 13.2 Å². The maximum Gasteiger partial charge on any atom is 0.336 e. The van der Waals surface area contributed by atoms with Gasteiger partial charge in [-0.05, 0) is 66.4 Å². The molecule has 0 aliphatic rings. The number of hydrogen-bond donors (Lipinski definition) is 0. The quantitative estimate of drug-likeness (QED) is 0.585. The zero-order valence-corrected chi connectivity index (χ0v) is 16.7. The summed E-state index contributed by atoms with van der Waals surface area (Å²) >= 11 is 0. The molecule has 4 heteroatoms. The molecule has 0 amide bonds. The molecule has 0 aliphatic heterocycles. The Kier molecular flexibility index (Phi) is 5.66. The van der Waals surface area contributed by atoms with Crippen LogP contribution in [0.1, 0.15) is 42.0 Å². The fourth-order valence-corrected chi connectivity index (χ4v) is 3.53. The second kappa shape index (κ2) is 7.97. The highest BCUT2D eigenvalue weighted by Crippen LogP contribution is 2.27. The lowest BCUT2D eigenvalue weighted by molar-refractivity contribution is 0.319. The molecule has 0 saturated carbocycles. The lowest BCUT2D eigenvalue weighted by Crippen LogP contribution is -2.18. The summed E-state index contributed by atoms with van der Waals surface area (Å²) in [5, 5.41) is 1.02. The smallest absolute Gasteiger partial charge is 0.336 e. The van der Waals surface area contributed by atoms with Gasteiger partial charge in [0.15, 0.2) is 0 Å². The molecule has 0 atom stereocenters. The molecule has 0 radical (unpaired) electrons. The SMILES string of the molecule is COc1ccc(CN(C)Cc2cc(=O)oc3cc(C)c(C(C)C)cc23)cc1. The lowest BCUT2D eigenvalue weighted by atomic mass is 9.95. The van der Waals surface area contributed by atoms with Crippen molar-refractivity contribution in [2.45, 2.75) is 39.8 Å². The fraction of sp³-hybridized carbons (Fsp3) is 0.348. The largest absolute Gasteiger partial charge is 0.497 e. The van der Waals surface area contributed by atoms with E-state index >= 15 is 0 Å². The summed E-state index contributed by atoms with van der Waals surface area (Å²) in [5.41, 5.74) is 5.01. The zero-order chi connectivity index (χ0) is 19.6. The van der Waals surface area contributed by atoms with Crippen molar-refractivity contribution in [3.63, 3.8) is 0 Å². The minimum atomic E-state index is -0.299. The Morgan fingerprint density at radius 2 is 1.78 bits per heavy atom. The molecule has 142 valence electrons. The van der Waals surface area contributed by atoms with Crippen LogP contribution >= 0.6 is 0 Å². The first-order valence-electron chi connectivity index (χ1n) is 9.26. The van der Waals surface area contributed by atoms with Crippen LogP contribution in [0.2, 0.25) is 0 Å². The molecule has 4 nitrogen and oxygen atoms in total. The third-order valence-corrected chi connectivity index (χ3v) is 4.89. The molecule has 2 aromatic carbocycles. The van der Waals surface area contributed by atoms with Crippen LogP contribution in [0.4, 0.5) is 0 Å². The number of nitrogens with zero attached hydrogens (tertiary/aromatic N) is 1. The summed E-state index contributed by atoms with van der Waals surface area (Å²) in [4.78, 5) is 14.2. The van der Waals surface area contributed by atoms with Crippen molar-refractivity contribution in [2.75, 3.05) is 14.2 Å². The van der Waals surface area contributed by atoms with Crippen LogP contribution in [-0.4, -0.2) is 19.1 Å². The number of fused-ring (bicyclic) bond motifs is 1. The van der Waals surface area contributed by atoms with E-state index in [0.717, 1.165) is 28.8 Å². The lowest BCUT2D eigenvalue weighted by Gasteiger charge is -2.19. The van der Waals surface area contributed by atoms with E-state index in [4.69, 9.17) is 9.15 Å². The molecule has 3 aromatic rings. The van der Waals surface area contributed by atoms with Gasteiger partial charge in [-0.25, -0.2) is 4.79 Å². The predicted molar refractivity (Wildman–Crippen MR) is 109 cm³/mol. The molecule has 0 fully saturated rings. The topological polar surface area (TPSA) is 42.7 Å². The fourth-order valence-electron chi connectivity index (χ4n) is 3.53. The number of rotatable bonds is 6. The summed E-state index contributed by atoms with van der Waals surface area (Å²) in [6.45, 7) is 7.89.